The SMILES string of the molecule is CC/N=C(CC)\C(C)=C(/C)F. The van der Waals surface area contributed by atoms with Crippen LogP contribution in [0.15, 0.2) is 16.4 Å². The van der Waals surface area contributed by atoms with Crippen molar-refractivity contribution in [3.63, 3.8) is 0 Å². The number of hydrogen-bond donors (Lipinski definition) is 0. The first kappa shape index (κ1) is 10.3. The fourth-order valence-electron chi connectivity index (χ4n) is 0.885. The van der Waals surface area contributed by atoms with Crippen LogP contribution in [0, 0.1) is 0 Å². The number of allylic oxidation sites excluding steroid dienone is 2. The standard InChI is InChI=1S/C9H16FN/c1-5-9(11-6-2)7(3)8(4)10/h5-6H2,1-4H3/b8-7+,11-9-. The van der Waals surface area contributed by atoms with E-state index in [1.807, 2.05) is 13.8 Å². The molecule has 0 aromatic carbocycles. The van der Waals surface area contributed by atoms with Crippen LogP contribution in [0.1, 0.15) is 34.1 Å². The molecule has 0 amide bonds. The van der Waals surface area contributed by atoms with E-state index in [2.05, 4.69) is 4.99 Å². The molecule has 0 radical (unpaired) electrons. The molecule has 64 valence electrons. The van der Waals surface area contributed by atoms with Gasteiger partial charge in [-0.3, -0.25) is 4.99 Å². The minimum atomic E-state index is -0.126. The van der Waals surface area contributed by atoms with Gasteiger partial charge in [-0.25, -0.2) is 4.39 Å². The quantitative estimate of drug-likeness (QED) is 0.558. The van der Waals surface area contributed by atoms with Gasteiger partial charge in [0, 0.05) is 17.8 Å². The molecule has 0 heterocycles. The molecule has 0 bridgehead atoms. The highest BCUT2D eigenvalue weighted by Crippen LogP contribution is 2.08. The highest BCUT2D eigenvalue weighted by atomic mass is 19.1. The molecule has 0 aliphatic heterocycles. The van der Waals surface area contributed by atoms with Crippen LogP contribution in [-0.4, -0.2) is 12.3 Å². The molecule has 0 saturated carbocycles. The minimum absolute atomic E-state index is 0.126. The Hall–Kier alpha value is -0.660. The van der Waals surface area contributed by atoms with Crippen molar-refractivity contribution < 1.29 is 4.39 Å². The van der Waals surface area contributed by atoms with Crippen molar-refractivity contribution in [3.05, 3.63) is 11.4 Å². The number of halogens is 1. The van der Waals surface area contributed by atoms with Gasteiger partial charge in [0.1, 0.15) is 5.83 Å². The van der Waals surface area contributed by atoms with E-state index in [0.717, 1.165) is 18.7 Å². The Morgan fingerprint density at radius 2 is 1.82 bits per heavy atom. The van der Waals surface area contributed by atoms with Gasteiger partial charge < -0.3 is 0 Å². The number of hydrogen-bond acceptors (Lipinski definition) is 1. The Kier molecular flexibility index (Phi) is 4.75. The average Bonchev–Trinajstić information content (AvgIpc) is 1.98. The van der Waals surface area contributed by atoms with Gasteiger partial charge in [0.05, 0.1) is 0 Å². The van der Waals surface area contributed by atoms with Crippen molar-refractivity contribution in [2.75, 3.05) is 6.54 Å². The van der Waals surface area contributed by atoms with E-state index in [1.54, 1.807) is 6.92 Å². The Morgan fingerprint density at radius 3 is 2.09 bits per heavy atom. The maximum Gasteiger partial charge on any atom is 0.102 e. The maximum absolute atomic E-state index is 12.7. The van der Waals surface area contributed by atoms with E-state index in [-0.39, 0.29) is 5.83 Å². The molecular formula is C9H16FN. The Balaban J connectivity index is 4.52. The molecule has 0 atom stereocenters. The van der Waals surface area contributed by atoms with Gasteiger partial charge in [-0.05, 0) is 27.2 Å². The molecule has 1 nitrogen and oxygen atoms in total. The molecule has 0 aliphatic carbocycles. The summed E-state index contributed by atoms with van der Waals surface area (Å²) in [6.07, 6.45) is 0.806. The molecule has 11 heavy (non-hydrogen) atoms. The molecule has 0 aliphatic rings. The highest BCUT2D eigenvalue weighted by molar-refractivity contribution is 5.99. The monoisotopic (exact) mass is 157 g/mol. The van der Waals surface area contributed by atoms with Gasteiger partial charge in [-0.15, -0.1) is 0 Å². The molecule has 0 unspecified atom stereocenters. The van der Waals surface area contributed by atoms with Crippen LogP contribution in [0.3, 0.4) is 0 Å². The largest absolute Gasteiger partial charge is 0.290 e. The van der Waals surface area contributed by atoms with Crippen molar-refractivity contribution in [3.8, 4) is 0 Å². The normalized spacial score (nSPS) is 14.8. The predicted octanol–water partition coefficient (Wildman–Crippen LogP) is 3.12. The summed E-state index contributed by atoms with van der Waals surface area (Å²) in [5.41, 5.74) is 1.57. The van der Waals surface area contributed by atoms with E-state index in [9.17, 15) is 4.39 Å². The molecular weight excluding hydrogens is 141 g/mol. The molecule has 0 N–H and O–H groups in total. The molecule has 0 aromatic heterocycles. The van der Waals surface area contributed by atoms with E-state index in [4.69, 9.17) is 0 Å². The molecule has 0 saturated heterocycles. The lowest BCUT2D eigenvalue weighted by atomic mass is 10.1. The summed E-state index contributed by atoms with van der Waals surface area (Å²) in [6.45, 7) is 7.91. The molecule has 0 aromatic rings. The molecule has 0 rings (SSSR count). The van der Waals surface area contributed by atoms with E-state index >= 15 is 0 Å². The van der Waals surface area contributed by atoms with Crippen LogP contribution in [0.2, 0.25) is 0 Å². The first-order valence-corrected chi connectivity index (χ1v) is 4.00. The van der Waals surface area contributed by atoms with Crippen LogP contribution < -0.4 is 0 Å². The number of rotatable bonds is 3. The third-order valence-electron chi connectivity index (χ3n) is 1.63. The number of aliphatic imine (C=N–C) groups is 1. The summed E-state index contributed by atoms with van der Waals surface area (Å²) in [5, 5.41) is 0. The molecule has 0 spiro atoms. The lowest BCUT2D eigenvalue weighted by molar-refractivity contribution is 0.633. The third kappa shape index (κ3) is 3.30. The van der Waals surface area contributed by atoms with Crippen LogP contribution in [0.4, 0.5) is 4.39 Å². The van der Waals surface area contributed by atoms with Crippen molar-refractivity contribution >= 4 is 5.71 Å². The van der Waals surface area contributed by atoms with Gasteiger partial charge in [0.2, 0.25) is 0 Å². The second kappa shape index (κ2) is 5.05. The third-order valence-corrected chi connectivity index (χ3v) is 1.63. The number of nitrogens with zero attached hydrogens (tertiary/aromatic N) is 1. The second-order valence-corrected chi connectivity index (χ2v) is 2.43. The smallest absolute Gasteiger partial charge is 0.102 e. The van der Waals surface area contributed by atoms with Gasteiger partial charge in [0.25, 0.3) is 0 Å². The Morgan fingerprint density at radius 1 is 1.27 bits per heavy atom. The lowest BCUT2D eigenvalue weighted by Crippen LogP contribution is -2.00. The molecule has 2 heteroatoms. The minimum Gasteiger partial charge on any atom is -0.290 e. The summed E-state index contributed by atoms with van der Waals surface area (Å²) in [4.78, 5) is 4.18. The Labute approximate surface area is 68.0 Å². The van der Waals surface area contributed by atoms with Gasteiger partial charge >= 0.3 is 0 Å². The average molecular weight is 157 g/mol. The van der Waals surface area contributed by atoms with E-state index < -0.39 is 0 Å². The van der Waals surface area contributed by atoms with Crippen LogP contribution in [-0.2, 0) is 0 Å². The van der Waals surface area contributed by atoms with E-state index in [1.165, 1.54) is 6.92 Å². The summed E-state index contributed by atoms with van der Waals surface area (Å²) >= 11 is 0. The predicted molar refractivity (Wildman–Crippen MR) is 47.7 cm³/mol. The second-order valence-electron chi connectivity index (χ2n) is 2.43. The van der Waals surface area contributed by atoms with Crippen LogP contribution in [0.5, 0.6) is 0 Å². The van der Waals surface area contributed by atoms with Crippen molar-refractivity contribution in [1.29, 1.82) is 0 Å². The first-order valence-electron chi connectivity index (χ1n) is 4.00. The van der Waals surface area contributed by atoms with Crippen molar-refractivity contribution in [2.24, 2.45) is 4.99 Å². The van der Waals surface area contributed by atoms with Crippen molar-refractivity contribution in [1.82, 2.24) is 0 Å². The zero-order valence-corrected chi connectivity index (χ0v) is 7.74. The first-order chi connectivity index (χ1) is 5.13. The maximum atomic E-state index is 12.7. The zero-order chi connectivity index (χ0) is 8.85. The van der Waals surface area contributed by atoms with Crippen LogP contribution in [0.25, 0.3) is 0 Å². The van der Waals surface area contributed by atoms with E-state index in [0.29, 0.717) is 5.57 Å². The van der Waals surface area contributed by atoms with Gasteiger partial charge in [0.15, 0.2) is 0 Å². The van der Waals surface area contributed by atoms with Gasteiger partial charge in [-0.1, -0.05) is 6.92 Å². The van der Waals surface area contributed by atoms with Crippen LogP contribution >= 0.6 is 0 Å². The summed E-state index contributed by atoms with van der Waals surface area (Å²) in [7, 11) is 0. The van der Waals surface area contributed by atoms with Crippen molar-refractivity contribution in [2.45, 2.75) is 34.1 Å². The molecule has 0 fully saturated rings. The fourth-order valence-corrected chi connectivity index (χ4v) is 0.885. The topological polar surface area (TPSA) is 12.4 Å². The summed E-state index contributed by atoms with van der Waals surface area (Å²) < 4.78 is 12.7. The fraction of sp³-hybridized carbons (Fsp3) is 0.667. The zero-order valence-electron chi connectivity index (χ0n) is 7.74. The summed E-state index contributed by atoms with van der Waals surface area (Å²) in [5.74, 6) is -0.126. The van der Waals surface area contributed by atoms with Gasteiger partial charge in [-0.2, -0.15) is 0 Å². The Bertz CT molecular complexity index is 176. The summed E-state index contributed by atoms with van der Waals surface area (Å²) in [6, 6.07) is 0. The highest BCUT2D eigenvalue weighted by Gasteiger charge is 2.01. The lowest BCUT2D eigenvalue weighted by Gasteiger charge is -2.02.